The van der Waals surface area contributed by atoms with Gasteiger partial charge < -0.3 is 15.5 Å². The molecule has 29 heavy (non-hydrogen) atoms. The molecule has 2 aliphatic rings. The third-order valence-corrected chi connectivity index (χ3v) is 5.00. The quantitative estimate of drug-likeness (QED) is 0.520. The van der Waals surface area contributed by atoms with Crippen LogP contribution in [-0.4, -0.2) is 40.5 Å². The zero-order chi connectivity index (χ0) is 19.8. The van der Waals surface area contributed by atoms with E-state index in [1.165, 1.54) is 13.1 Å². The van der Waals surface area contributed by atoms with Crippen molar-refractivity contribution in [1.82, 2.24) is 9.88 Å². The molecule has 2 aromatic rings. The number of amidine groups is 1. The number of nitrogens with one attached hydrogen (secondary N) is 2. The number of halogens is 2. The summed E-state index contributed by atoms with van der Waals surface area (Å²) in [5.74, 6) is 1.61. The molecule has 2 aliphatic heterocycles. The van der Waals surface area contributed by atoms with Crippen LogP contribution in [0.5, 0.6) is 0 Å². The first-order valence-corrected chi connectivity index (χ1v) is 9.61. The van der Waals surface area contributed by atoms with Crippen LogP contribution in [0.1, 0.15) is 28.4 Å². The van der Waals surface area contributed by atoms with Crippen molar-refractivity contribution in [2.75, 3.05) is 23.7 Å². The minimum absolute atomic E-state index is 0. The number of aromatic nitrogens is 1. The van der Waals surface area contributed by atoms with E-state index in [9.17, 15) is 9.59 Å². The molecule has 1 aromatic heterocycles. The summed E-state index contributed by atoms with van der Waals surface area (Å²) in [6.45, 7) is 4.83. The van der Waals surface area contributed by atoms with Crippen LogP contribution >= 0.6 is 28.3 Å². The van der Waals surface area contributed by atoms with E-state index >= 15 is 0 Å². The number of hydrogen-bond acceptors (Lipinski definition) is 6. The number of allylic oxidation sites excluding steroid dienone is 1. The van der Waals surface area contributed by atoms with E-state index in [0.717, 1.165) is 27.1 Å². The van der Waals surface area contributed by atoms with E-state index in [1.54, 1.807) is 18.2 Å². The zero-order valence-corrected chi connectivity index (χ0v) is 18.2. The van der Waals surface area contributed by atoms with Gasteiger partial charge in [-0.25, -0.2) is 4.98 Å². The van der Waals surface area contributed by atoms with Gasteiger partial charge in [0, 0.05) is 41.3 Å². The number of aryl methyl sites for hydroxylation is 1. The minimum atomic E-state index is -0.207. The van der Waals surface area contributed by atoms with E-state index < -0.39 is 0 Å². The molecule has 1 amide bonds. The molecule has 0 radical (unpaired) electrons. The number of benzene rings is 1. The van der Waals surface area contributed by atoms with Crippen molar-refractivity contribution in [3.8, 4) is 0 Å². The Kier molecular flexibility index (Phi) is 6.04. The minimum Gasteiger partial charge on any atom is -0.341 e. The van der Waals surface area contributed by atoms with Crippen molar-refractivity contribution < 1.29 is 9.59 Å². The maximum Gasteiger partial charge on any atom is 0.222 e. The molecular weight excluding hydrogens is 458 g/mol. The molecule has 0 saturated heterocycles. The summed E-state index contributed by atoms with van der Waals surface area (Å²) in [4.78, 5) is 34.6. The van der Waals surface area contributed by atoms with Gasteiger partial charge in [0.15, 0.2) is 5.78 Å². The number of ketones is 1. The number of fused-ring (bicyclic) bond motifs is 3. The van der Waals surface area contributed by atoms with Crippen molar-refractivity contribution in [2.45, 2.75) is 13.8 Å². The molecule has 0 aliphatic carbocycles. The molecular formula is C20H19BrClN5O2. The number of rotatable bonds is 3. The van der Waals surface area contributed by atoms with Crippen LogP contribution in [-0.2, 0) is 4.79 Å². The second-order valence-corrected chi connectivity index (χ2v) is 7.55. The highest BCUT2D eigenvalue weighted by Gasteiger charge is 2.31. The van der Waals surface area contributed by atoms with Gasteiger partial charge >= 0.3 is 0 Å². The van der Waals surface area contributed by atoms with E-state index in [4.69, 9.17) is 0 Å². The highest BCUT2D eigenvalue weighted by atomic mass is 79.9. The topological polar surface area (TPSA) is 86.7 Å². The average Bonchev–Trinajstić information content (AvgIpc) is 3.13. The van der Waals surface area contributed by atoms with Crippen molar-refractivity contribution in [3.05, 3.63) is 63.5 Å². The van der Waals surface area contributed by atoms with Crippen molar-refractivity contribution in [2.24, 2.45) is 4.99 Å². The summed E-state index contributed by atoms with van der Waals surface area (Å²) >= 11 is 3.54. The van der Waals surface area contributed by atoms with Crippen molar-refractivity contribution in [1.29, 1.82) is 0 Å². The Hall–Kier alpha value is -2.71. The fourth-order valence-electron chi connectivity index (χ4n) is 3.31. The number of amides is 1. The molecule has 4 rings (SSSR count). The smallest absolute Gasteiger partial charge is 0.222 e. The van der Waals surface area contributed by atoms with Crippen molar-refractivity contribution >= 4 is 57.4 Å². The van der Waals surface area contributed by atoms with Crippen LogP contribution in [0.3, 0.4) is 0 Å². The summed E-state index contributed by atoms with van der Waals surface area (Å²) in [6, 6.07) is 7.33. The predicted molar refractivity (Wildman–Crippen MR) is 119 cm³/mol. The fourth-order valence-corrected chi connectivity index (χ4v) is 3.88. The first-order valence-electron chi connectivity index (χ1n) is 8.81. The largest absolute Gasteiger partial charge is 0.341 e. The summed E-state index contributed by atoms with van der Waals surface area (Å²) < 4.78 is 0.994. The second kappa shape index (κ2) is 8.34. The Morgan fingerprint density at radius 1 is 1.31 bits per heavy atom. The maximum atomic E-state index is 12.8. The average molecular weight is 477 g/mol. The molecule has 9 heteroatoms. The molecule has 3 heterocycles. The predicted octanol–water partition coefficient (Wildman–Crippen LogP) is 3.74. The van der Waals surface area contributed by atoms with Gasteiger partial charge in [0.1, 0.15) is 17.5 Å². The first-order chi connectivity index (χ1) is 13.4. The Balaban J connectivity index is 0.00000240. The highest BCUT2D eigenvalue weighted by Crippen LogP contribution is 2.34. The first kappa shape index (κ1) is 21.0. The summed E-state index contributed by atoms with van der Waals surface area (Å²) in [5, 5.41) is 5.98. The van der Waals surface area contributed by atoms with Gasteiger partial charge in [-0.05, 0) is 36.8 Å². The normalized spacial score (nSPS) is 15.6. The molecule has 0 fully saturated rings. The lowest BCUT2D eigenvalue weighted by Gasteiger charge is -2.32. The molecule has 7 nitrogen and oxygen atoms in total. The number of carbonyl (C=O) groups excluding carboxylic acids is 2. The molecule has 2 N–H and O–H groups in total. The molecule has 0 atom stereocenters. The van der Waals surface area contributed by atoms with Gasteiger partial charge in [0.25, 0.3) is 0 Å². The van der Waals surface area contributed by atoms with Gasteiger partial charge in [-0.2, -0.15) is 0 Å². The number of hydrogen-bond donors (Lipinski definition) is 2. The molecule has 150 valence electrons. The lowest BCUT2D eigenvalue weighted by Crippen LogP contribution is -2.37. The number of nitrogens with zero attached hydrogens (tertiary/aromatic N) is 3. The number of carbonyl (C=O) groups is 2. The van der Waals surface area contributed by atoms with Gasteiger partial charge in [-0.15, -0.1) is 12.4 Å². The number of aliphatic imine (C=N–C) groups is 1. The third-order valence-electron chi connectivity index (χ3n) is 4.55. The second-order valence-electron chi connectivity index (χ2n) is 6.63. The fraction of sp³-hybridized carbons (Fsp3) is 0.200. The highest BCUT2D eigenvalue weighted by molar-refractivity contribution is 9.10. The molecule has 0 spiro atoms. The van der Waals surface area contributed by atoms with E-state index in [0.29, 0.717) is 30.3 Å². The molecule has 0 bridgehead atoms. The summed E-state index contributed by atoms with van der Waals surface area (Å²) in [6.07, 6.45) is 3.03. The van der Waals surface area contributed by atoms with Crippen LogP contribution in [0.15, 0.2) is 51.8 Å². The van der Waals surface area contributed by atoms with Gasteiger partial charge in [0.2, 0.25) is 5.91 Å². The van der Waals surface area contributed by atoms with E-state index in [-0.39, 0.29) is 24.1 Å². The van der Waals surface area contributed by atoms with Crippen molar-refractivity contribution in [3.63, 3.8) is 0 Å². The van der Waals surface area contributed by atoms with Gasteiger partial charge in [-0.3, -0.25) is 14.6 Å². The van der Waals surface area contributed by atoms with Gasteiger partial charge in [-0.1, -0.05) is 15.9 Å². The monoisotopic (exact) mass is 475 g/mol. The van der Waals surface area contributed by atoms with E-state index in [1.807, 2.05) is 24.0 Å². The third kappa shape index (κ3) is 4.18. The maximum absolute atomic E-state index is 12.8. The Bertz CT molecular complexity index is 1050. The van der Waals surface area contributed by atoms with Crippen LogP contribution in [0, 0.1) is 6.92 Å². The zero-order valence-electron chi connectivity index (χ0n) is 15.8. The molecule has 1 aromatic carbocycles. The SMILES string of the molecule is CC(=O)Nc1ccc(C(=O)C=C2Nc3c(C)cc(Br)cc3C3=NCCN23)cn1.Cl. The van der Waals surface area contributed by atoms with Crippen LogP contribution < -0.4 is 10.6 Å². The lowest BCUT2D eigenvalue weighted by atomic mass is 10.0. The van der Waals surface area contributed by atoms with Crippen LogP contribution in [0.25, 0.3) is 0 Å². The van der Waals surface area contributed by atoms with E-state index in [2.05, 4.69) is 36.5 Å². The molecule has 0 unspecified atom stereocenters. The Morgan fingerprint density at radius 2 is 2.10 bits per heavy atom. The van der Waals surface area contributed by atoms with Crippen LogP contribution in [0.4, 0.5) is 11.5 Å². The van der Waals surface area contributed by atoms with Gasteiger partial charge in [0.05, 0.1) is 12.2 Å². The Labute approximate surface area is 182 Å². The Morgan fingerprint density at radius 3 is 2.79 bits per heavy atom. The van der Waals surface area contributed by atoms with Crippen LogP contribution in [0.2, 0.25) is 0 Å². The summed E-state index contributed by atoms with van der Waals surface area (Å²) in [7, 11) is 0. The lowest BCUT2D eigenvalue weighted by molar-refractivity contribution is -0.114. The molecule has 0 saturated carbocycles. The number of anilines is 2. The summed E-state index contributed by atoms with van der Waals surface area (Å²) in [5.41, 5.74) is 3.49. The number of pyridine rings is 1. The standard InChI is InChI=1S/C20H18BrN5O2.ClH/c1-11-7-14(21)8-15-19(11)25-18(26-6-5-22-20(15)26)9-16(28)13-3-4-17(23-10-13)24-12(2)27;/h3-4,7-10,25H,5-6H2,1-2H3,(H,23,24,27);1H.